The van der Waals surface area contributed by atoms with Crippen LogP contribution in [0.5, 0.6) is 0 Å². The van der Waals surface area contributed by atoms with Gasteiger partial charge in [-0.1, -0.05) is 0 Å². The highest BCUT2D eigenvalue weighted by Crippen LogP contribution is 2.22. The van der Waals surface area contributed by atoms with Crippen LogP contribution < -0.4 is 0 Å². The molecule has 4 N–H and O–H groups in total. The topological polar surface area (TPSA) is 177 Å². The summed E-state index contributed by atoms with van der Waals surface area (Å²) in [5, 5.41) is 48.4. The quantitative estimate of drug-likeness (QED) is 0.262. The number of rotatable bonds is 5. The Kier molecular flexibility index (Phi) is 5.49. The molecule has 1 aromatic rings. The Balaban J connectivity index is 2.06. The Hall–Kier alpha value is -1.67. The lowest BCUT2D eigenvalue weighted by Gasteiger charge is -2.37. The van der Waals surface area contributed by atoms with Crippen LogP contribution >= 0.6 is 0 Å². The highest BCUT2D eigenvalue weighted by Gasteiger charge is 2.43. The number of hydrogen-bond donors (Lipinski definition) is 4. The van der Waals surface area contributed by atoms with Gasteiger partial charge in [0.05, 0.1) is 16.4 Å². The van der Waals surface area contributed by atoms with Crippen molar-refractivity contribution in [2.45, 2.75) is 35.6 Å². The fourth-order valence-electron chi connectivity index (χ4n) is 2.03. The summed E-state index contributed by atoms with van der Waals surface area (Å²) >= 11 is 0. The molecular weight excluding hydrogens is 350 g/mol. The summed E-state index contributed by atoms with van der Waals surface area (Å²) in [6, 6.07) is 3.90. The van der Waals surface area contributed by atoms with Gasteiger partial charge in [0.25, 0.3) is 15.8 Å². The smallest absolute Gasteiger partial charge is 0.297 e. The molecule has 1 aliphatic rings. The van der Waals surface area contributed by atoms with E-state index in [1.54, 1.807) is 0 Å². The first-order valence-electron chi connectivity index (χ1n) is 6.65. The number of aliphatic hydroxyl groups is 4. The minimum Gasteiger partial charge on any atom is -0.387 e. The molecule has 1 heterocycles. The molecule has 134 valence electrons. The van der Waals surface area contributed by atoms with Crippen molar-refractivity contribution in [1.29, 1.82) is 0 Å². The lowest BCUT2D eigenvalue weighted by Crippen LogP contribution is -2.58. The van der Waals surface area contributed by atoms with E-state index >= 15 is 0 Å². The largest absolute Gasteiger partial charge is 0.387 e. The summed E-state index contributed by atoms with van der Waals surface area (Å²) < 4.78 is 33.4. The number of nitrogens with zero attached hydrogens (tertiary/aromatic N) is 1. The van der Waals surface area contributed by atoms with E-state index in [9.17, 15) is 39.0 Å². The molecule has 0 saturated carbocycles. The number of ether oxygens (including phenoxy) is 1. The Morgan fingerprint density at radius 1 is 1.08 bits per heavy atom. The number of nitro groups is 1. The van der Waals surface area contributed by atoms with Crippen LogP contribution in [0.25, 0.3) is 0 Å². The summed E-state index contributed by atoms with van der Waals surface area (Å²) in [5.74, 6) is 0. The van der Waals surface area contributed by atoms with Crippen molar-refractivity contribution in [3.63, 3.8) is 0 Å². The predicted octanol–water partition coefficient (Wildman–Crippen LogP) is -1.90. The molecule has 12 heteroatoms. The molecule has 0 radical (unpaired) electrons. The maximum absolute atomic E-state index is 12.0. The second kappa shape index (κ2) is 7.06. The van der Waals surface area contributed by atoms with Crippen LogP contribution in [-0.2, 0) is 19.0 Å². The molecule has 0 amide bonds. The van der Waals surface area contributed by atoms with Crippen LogP contribution in [0.1, 0.15) is 0 Å². The van der Waals surface area contributed by atoms with Gasteiger partial charge in [0, 0.05) is 12.1 Å². The predicted molar refractivity (Wildman–Crippen MR) is 75.1 cm³/mol. The first-order chi connectivity index (χ1) is 11.1. The van der Waals surface area contributed by atoms with Gasteiger partial charge in [0.2, 0.25) is 0 Å². The third-order valence-electron chi connectivity index (χ3n) is 3.41. The Morgan fingerprint density at radius 2 is 1.67 bits per heavy atom. The zero-order valence-corrected chi connectivity index (χ0v) is 12.8. The summed E-state index contributed by atoms with van der Waals surface area (Å²) in [6.45, 7) is -0.749. The van der Waals surface area contributed by atoms with Gasteiger partial charge in [-0.05, 0) is 12.1 Å². The van der Waals surface area contributed by atoms with E-state index in [-0.39, 0.29) is 10.6 Å². The zero-order chi connectivity index (χ0) is 18.1. The molecule has 2 rings (SSSR count). The molecule has 0 aliphatic carbocycles. The van der Waals surface area contributed by atoms with Crippen molar-refractivity contribution in [2.75, 3.05) is 6.61 Å². The van der Waals surface area contributed by atoms with Crippen LogP contribution in [0.4, 0.5) is 5.69 Å². The van der Waals surface area contributed by atoms with Crippen molar-refractivity contribution in [1.82, 2.24) is 0 Å². The summed E-state index contributed by atoms with van der Waals surface area (Å²) in [6.07, 6.45) is -8.41. The molecule has 0 aromatic heterocycles. The third kappa shape index (κ3) is 3.87. The molecular formula is C12H15NO10S. The van der Waals surface area contributed by atoms with Crippen LogP contribution in [0.2, 0.25) is 0 Å². The van der Waals surface area contributed by atoms with Gasteiger partial charge in [-0.2, -0.15) is 8.42 Å². The third-order valence-corrected chi connectivity index (χ3v) is 4.71. The molecule has 0 spiro atoms. The van der Waals surface area contributed by atoms with E-state index < -0.39 is 52.4 Å². The zero-order valence-electron chi connectivity index (χ0n) is 12.0. The molecule has 1 fully saturated rings. The van der Waals surface area contributed by atoms with Gasteiger partial charge >= 0.3 is 0 Å². The molecule has 0 unspecified atom stereocenters. The maximum Gasteiger partial charge on any atom is 0.297 e. The highest BCUT2D eigenvalue weighted by atomic mass is 32.2. The van der Waals surface area contributed by atoms with Crippen LogP contribution in [0.15, 0.2) is 29.2 Å². The Morgan fingerprint density at radius 3 is 2.21 bits per heavy atom. The molecule has 0 bridgehead atoms. The van der Waals surface area contributed by atoms with Crippen LogP contribution in [0, 0.1) is 10.1 Å². The molecule has 1 aliphatic heterocycles. The minimum atomic E-state index is -4.31. The lowest BCUT2D eigenvalue weighted by molar-refractivity contribution is -0.384. The van der Waals surface area contributed by atoms with E-state index in [2.05, 4.69) is 4.18 Å². The number of hydrogen-bond acceptors (Lipinski definition) is 10. The van der Waals surface area contributed by atoms with Crippen molar-refractivity contribution in [2.24, 2.45) is 0 Å². The first kappa shape index (κ1) is 18.7. The van der Waals surface area contributed by atoms with E-state index in [1.807, 2.05) is 0 Å². The number of aliphatic hydroxyl groups excluding tert-OH is 4. The van der Waals surface area contributed by atoms with Gasteiger partial charge in [-0.15, -0.1) is 0 Å². The highest BCUT2D eigenvalue weighted by molar-refractivity contribution is 7.86. The standard InChI is InChI=1S/C12H15NO10S/c14-9-8(23-12(17)11(16)10(9)15)5-22-24(20,21)7-3-1-6(2-4-7)13(18)19/h1-4,8-12,14-17H,5H2/t8-,9-,10+,11-,12+/m1/s1. The number of nitro benzene ring substituents is 1. The fourth-order valence-corrected chi connectivity index (χ4v) is 2.95. The fraction of sp³-hybridized carbons (Fsp3) is 0.500. The summed E-state index contributed by atoms with van der Waals surface area (Å²) in [5.41, 5.74) is -0.305. The van der Waals surface area contributed by atoms with E-state index in [1.165, 1.54) is 0 Å². The average molecular weight is 365 g/mol. The summed E-state index contributed by atoms with van der Waals surface area (Å²) in [4.78, 5) is 9.47. The second-order valence-corrected chi connectivity index (χ2v) is 6.64. The molecule has 24 heavy (non-hydrogen) atoms. The van der Waals surface area contributed by atoms with Crippen molar-refractivity contribution in [3.8, 4) is 0 Å². The van der Waals surface area contributed by atoms with Crippen molar-refractivity contribution < 1.29 is 42.7 Å². The van der Waals surface area contributed by atoms with Gasteiger partial charge in [-0.25, -0.2) is 0 Å². The van der Waals surface area contributed by atoms with Gasteiger partial charge in [0.15, 0.2) is 6.29 Å². The Bertz CT molecular complexity index is 690. The SMILES string of the molecule is O=[N+]([O-])c1ccc(S(=O)(=O)OC[C@H]2O[C@H](O)[C@H](O)[C@@H](O)[C@@H]2O)cc1. The van der Waals surface area contributed by atoms with Gasteiger partial charge in [-0.3, -0.25) is 14.3 Å². The van der Waals surface area contributed by atoms with Crippen LogP contribution in [0.3, 0.4) is 0 Å². The number of benzene rings is 1. The monoisotopic (exact) mass is 365 g/mol. The molecule has 1 aromatic carbocycles. The van der Waals surface area contributed by atoms with Gasteiger partial charge in [0.1, 0.15) is 24.4 Å². The molecule has 5 atom stereocenters. The Labute approximate surface area is 136 Å². The normalized spacial score (nSPS) is 30.9. The maximum atomic E-state index is 12.0. The van der Waals surface area contributed by atoms with Crippen molar-refractivity contribution >= 4 is 15.8 Å². The van der Waals surface area contributed by atoms with E-state index in [4.69, 9.17) is 4.74 Å². The van der Waals surface area contributed by atoms with Crippen molar-refractivity contribution in [3.05, 3.63) is 34.4 Å². The second-order valence-electron chi connectivity index (χ2n) is 5.03. The lowest BCUT2D eigenvalue weighted by atomic mass is 10.00. The first-order valence-corrected chi connectivity index (χ1v) is 8.06. The van der Waals surface area contributed by atoms with Gasteiger partial charge < -0.3 is 25.2 Å². The van der Waals surface area contributed by atoms with E-state index in [0.717, 1.165) is 24.3 Å². The average Bonchev–Trinajstić information content (AvgIpc) is 2.55. The molecule has 11 nitrogen and oxygen atoms in total. The molecule has 1 saturated heterocycles. The van der Waals surface area contributed by atoms with Crippen LogP contribution in [-0.4, -0.2) is 71.1 Å². The summed E-state index contributed by atoms with van der Waals surface area (Å²) in [7, 11) is -4.31. The van der Waals surface area contributed by atoms with E-state index in [0.29, 0.717) is 0 Å². The number of non-ortho nitro benzene ring substituents is 1. The minimum absolute atomic E-state index is 0.305.